The average Bonchev–Trinajstić information content (AvgIpc) is 2.76. The first kappa shape index (κ1) is 20.0. The van der Waals surface area contributed by atoms with Crippen LogP contribution in [0.5, 0.6) is 0 Å². The summed E-state index contributed by atoms with van der Waals surface area (Å²) in [5.41, 5.74) is 0. The normalized spacial score (nSPS) is 15.7. The lowest BCUT2D eigenvalue weighted by Crippen LogP contribution is -2.44. The van der Waals surface area contributed by atoms with Crippen molar-refractivity contribution >= 4 is 33.6 Å². The number of Topliss-reactive ketones (excluding diaryl/α,β-unsaturated/α-hetero) is 1. The Labute approximate surface area is 139 Å². The van der Waals surface area contributed by atoms with Crippen molar-refractivity contribution < 1.29 is 32.1 Å². The molecule has 0 saturated carbocycles. The fourth-order valence-electron chi connectivity index (χ4n) is 2.12. The van der Waals surface area contributed by atoms with Crippen molar-refractivity contribution in [2.24, 2.45) is 0 Å². The quantitative estimate of drug-likeness (QED) is 0.302. The summed E-state index contributed by atoms with van der Waals surface area (Å²) in [5, 5.41) is 2.26. The fourth-order valence-corrected chi connectivity index (χ4v) is 2.86. The van der Waals surface area contributed by atoms with Gasteiger partial charge in [-0.1, -0.05) is 6.42 Å². The first-order chi connectivity index (χ1) is 11.1. The summed E-state index contributed by atoms with van der Waals surface area (Å²) < 4.78 is 30.3. The number of carbonyl (C=O) groups excluding carboxylic acids is 4. The zero-order valence-electron chi connectivity index (χ0n) is 13.2. The zero-order valence-corrected chi connectivity index (χ0v) is 14.0. The van der Waals surface area contributed by atoms with Crippen LogP contribution in [-0.4, -0.2) is 59.7 Å². The minimum absolute atomic E-state index is 0.0649. The molecule has 9 nitrogen and oxygen atoms in total. The van der Waals surface area contributed by atoms with E-state index < -0.39 is 33.6 Å². The van der Waals surface area contributed by atoms with E-state index in [4.69, 9.17) is 4.55 Å². The summed E-state index contributed by atoms with van der Waals surface area (Å²) in [7, 11) is -4.37. The summed E-state index contributed by atoms with van der Waals surface area (Å²) >= 11 is 0. The summed E-state index contributed by atoms with van der Waals surface area (Å²) in [6.45, 7) is 1.39. The van der Waals surface area contributed by atoms with Gasteiger partial charge in [-0.15, -0.1) is 0 Å². The van der Waals surface area contributed by atoms with Crippen LogP contribution >= 0.6 is 0 Å². The Kier molecular flexibility index (Phi) is 7.23. The largest absolute Gasteiger partial charge is 0.345 e. The van der Waals surface area contributed by atoms with Crippen LogP contribution in [0.1, 0.15) is 32.6 Å². The lowest BCUT2D eigenvalue weighted by atomic mass is 10.1. The van der Waals surface area contributed by atoms with Gasteiger partial charge in [0, 0.05) is 25.1 Å². The molecule has 1 atom stereocenters. The average molecular weight is 360 g/mol. The molecule has 0 aromatic carbocycles. The number of hydrogen-bond donors (Lipinski definition) is 2. The second kappa shape index (κ2) is 8.69. The maximum Gasteiger partial charge on any atom is 0.267 e. The molecule has 24 heavy (non-hydrogen) atoms. The van der Waals surface area contributed by atoms with E-state index in [9.17, 15) is 27.6 Å². The smallest absolute Gasteiger partial charge is 0.267 e. The maximum atomic E-state index is 11.7. The Hall–Kier alpha value is -2.07. The Morgan fingerprint density at radius 2 is 1.75 bits per heavy atom. The summed E-state index contributed by atoms with van der Waals surface area (Å²) in [5.74, 6) is -2.65. The number of carbonyl (C=O) groups is 4. The van der Waals surface area contributed by atoms with Gasteiger partial charge in [0.05, 0.1) is 0 Å². The SMILES string of the molecule is CC(=O)[C@H](CS(=O)(=O)O)NC(=O)CCCCCN1C(=O)C=CC1=O. The van der Waals surface area contributed by atoms with Crippen LogP contribution in [0.3, 0.4) is 0 Å². The zero-order chi connectivity index (χ0) is 18.3. The van der Waals surface area contributed by atoms with Crippen molar-refractivity contribution in [3.05, 3.63) is 12.2 Å². The molecule has 10 heteroatoms. The molecule has 0 fully saturated rings. The van der Waals surface area contributed by atoms with E-state index in [0.29, 0.717) is 19.3 Å². The molecular formula is C14H20N2O7S. The second-order valence-corrected chi connectivity index (χ2v) is 6.95. The predicted molar refractivity (Wildman–Crippen MR) is 83.4 cm³/mol. The van der Waals surface area contributed by atoms with Crippen molar-refractivity contribution in [2.75, 3.05) is 12.3 Å². The lowest BCUT2D eigenvalue weighted by Gasteiger charge is -2.15. The van der Waals surface area contributed by atoms with E-state index in [2.05, 4.69) is 5.32 Å². The molecule has 3 amide bonds. The van der Waals surface area contributed by atoms with Gasteiger partial charge in [-0.05, 0) is 19.8 Å². The Morgan fingerprint density at radius 1 is 1.17 bits per heavy atom. The van der Waals surface area contributed by atoms with Gasteiger partial charge in [0.2, 0.25) is 5.91 Å². The summed E-state index contributed by atoms with van der Waals surface area (Å²) in [6, 6.07) is -1.28. The van der Waals surface area contributed by atoms with Crippen molar-refractivity contribution in [3.8, 4) is 0 Å². The Bertz CT molecular complexity index is 636. The maximum absolute atomic E-state index is 11.7. The van der Waals surface area contributed by atoms with E-state index in [1.165, 1.54) is 12.2 Å². The molecular weight excluding hydrogens is 340 g/mol. The highest BCUT2D eigenvalue weighted by molar-refractivity contribution is 7.85. The number of ketones is 1. The highest BCUT2D eigenvalue weighted by Gasteiger charge is 2.23. The molecule has 0 saturated heterocycles. The monoisotopic (exact) mass is 360 g/mol. The molecule has 1 aliphatic heterocycles. The molecule has 0 aliphatic carbocycles. The third-order valence-corrected chi connectivity index (χ3v) is 4.14. The van der Waals surface area contributed by atoms with Gasteiger partial charge in [0.15, 0.2) is 5.78 Å². The van der Waals surface area contributed by atoms with Gasteiger partial charge in [0.25, 0.3) is 21.9 Å². The van der Waals surface area contributed by atoms with Gasteiger partial charge in [-0.2, -0.15) is 8.42 Å². The number of rotatable bonds is 10. The number of imide groups is 1. The second-order valence-electron chi connectivity index (χ2n) is 5.45. The molecule has 134 valence electrons. The number of nitrogens with one attached hydrogen (secondary N) is 1. The summed E-state index contributed by atoms with van der Waals surface area (Å²) in [6.07, 6.45) is 4.03. The third kappa shape index (κ3) is 7.01. The molecule has 2 N–H and O–H groups in total. The standard InChI is InChI=1S/C14H20N2O7S/c1-10(17)11(9-24(21,22)23)15-12(18)5-3-2-4-8-16-13(19)6-7-14(16)20/h6-7,11H,2-5,8-9H2,1H3,(H,15,18)(H,21,22,23)/t11-/m0/s1. The van der Waals surface area contributed by atoms with Crippen LogP contribution in [0.4, 0.5) is 0 Å². The lowest BCUT2D eigenvalue weighted by molar-refractivity contribution is -0.137. The molecule has 1 aliphatic rings. The first-order valence-electron chi connectivity index (χ1n) is 7.38. The van der Waals surface area contributed by atoms with Crippen LogP contribution in [0, 0.1) is 0 Å². The van der Waals surface area contributed by atoms with Crippen LogP contribution < -0.4 is 5.32 Å². The van der Waals surface area contributed by atoms with E-state index in [1.54, 1.807) is 0 Å². The van der Waals surface area contributed by atoms with Crippen LogP contribution in [0.25, 0.3) is 0 Å². The molecule has 0 aromatic rings. The van der Waals surface area contributed by atoms with Gasteiger partial charge < -0.3 is 5.32 Å². The molecule has 1 rings (SSSR count). The number of amides is 3. The van der Waals surface area contributed by atoms with E-state index in [1.807, 2.05) is 0 Å². The highest BCUT2D eigenvalue weighted by atomic mass is 32.2. The molecule has 0 unspecified atom stereocenters. The molecule has 0 spiro atoms. The van der Waals surface area contributed by atoms with Crippen molar-refractivity contribution in [1.29, 1.82) is 0 Å². The van der Waals surface area contributed by atoms with Crippen molar-refractivity contribution in [1.82, 2.24) is 10.2 Å². The van der Waals surface area contributed by atoms with Gasteiger partial charge in [-0.25, -0.2) is 0 Å². The van der Waals surface area contributed by atoms with Gasteiger partial charge >= 0.3 is 0 Å². The number of nitrogens with zero attached hydrogens (tertiary/aromatic N) is 1. The highest BCUT2D eigenvalue weighted by Crippen LogP contribution is 2.08. The van der Waals surface area contributed by atoms with E-state index >= 15 is 0 Å². The third-order valence-electron chi connectivity index (χ3n) is 3.39. The molecule has 0 bridgehead atoms. The van der Waals surface area contributed by atoms with Gasteiger partial charge in [-0.3, -0.25) is 28.6 Å². The van der Waals surface area contributed by atoms with Crippen LogP contribution in [0.2, 0.25) is 0 Å². The number of unbranched alkanes of at least 4 members (excludes halogenated alkanes) is 2. The topological polar surface area (TPSA) is 138 Å². The fraction of sp³-hybridized carbons (Fsp3) is 0.571. The first-order valence-corrected chi connectivity index (χ1v) is 8.99. The minimum Gasteiger partial charge on any atom is -0.345 e. The van der Waals surface area contributed by atoms with Crippen LogP contribution in [0.15, 0.2) is 12.2 Å². The summed E-state index contributed by atoms with van der Waals surface area (Å²) in [4.78, 5) is 46.7. The van der Waals surface area contributed by atoms with Crippen molar-refractivity contribution in [2.45, 2.75) is 38.6 Å². The molecule has 1 heterocycles. The van der Waals surface area contributed by atoms with Gasteiger partial charge in [0.1, 0.15) is 11.8 Å². The van der Waals surface area contributed by atoms with Crippen LogP contribution in [-0.2, 0) is 29.3 Å². The molecule has 0 radical (unpaired) electrons. The van der Waals surface area contributed by atoms with E-state index in [0.717, 1.165) is 11.8 Å². The number of hydrogen-bond acceptors (Lipinski definition) is 6. The minimum atomic E-state index is -4.37. The predicted octanol–water partition coefficient (Wildman–Crippen LogP) is -0.567. The molecule has 0 aromatic heterocycles. The Morgan fingerprint density at radius 3 is 2.25 bits per heavy atom. The van der Waals surface area contributed by atoms with Crippen molar-refractivity contribution in [3.63, 3.8) is 0 Å². The van der Waals surface area contributed by atoms with E-state index in [-0.39, 0.29) is 24.8 Å². The Balaban J connectivity index is 2.27.